The van der Waals surface area contributed by atoms with Crippen molar-refractivity contribution in [3.63, 3.8) is 0 Å². The molecule has 0 amide bonds. The van der Waals surface area contributed by atoms with Crippen LogP contribution in [-0.4, -0.2) is 59.3 Å². The summed E-state index contributed by atoms with van der Waals surface area (Å²) < 4.78 is 45.9. The van der Waals surface area contributed by atoms with Gasteiger partial charge in [-0.1, -0.05) is 11.6 Å². The standard InChI is InChI=1S/C17H15ClFN3O5S/c1-20-14-4-2-11(6-13(14)19)27-15-8-22(9-17(15,24)10-23)28(25,26)12-3-5-16(18)21-7-12/h2-7,15,23-24H,8-10H2/t15-,17+/m0/s1. The van der Waals surface area contributed by atoms with Crippen molar-refractivity contribution in [1.82, 2.24) is 9.29 Å². The molecule has 0 bridgehead atoms. The largest absolute Gasteiger partial charge is 0.486 e. The van der Waals surface area contributed by atoms with E-state index in [1.165, 1.54) is 24.3 Å². The number of aliphatic hydroxyl groups is 2. The third-order valence-corrected chi connectivity index (χ3v) is 6.37. The fourth-order valence-electron chi connectivity index (χ4n) is 2.79. The highest BCUT2D eigenvalue weighted by atomic mass is 35.5. The van der Waals surface area contributed by atoms with E-state index in [1.807, 2.05) is 0 Å². The molecular formula is C17H15ClFN3O5S. The maximum atomic E-state index is 13.8. The van der Waals surface area contributed by atoms with Gasteiger partial charge in [0.05, 0.1) is 19.7 Å². The number of ether oxygens (including phenoxy) is 1. The molecule has 0 saturated carbocycles. The summed E-state index contributed by atoms with van der Waals surface area (Å²) in [5, 5.41) is 20.4. The van der Waals surface area contributed by atoms with Crippen molar-refractivity contribution < 1.29 is 27.8 Å². The number of hydrogen-bond acceptors (Lipinski definition) is 6. The zero-order chi connectivity index (χ0) is 20.5. The number of benzene rings is 1. The smallest absolute Gasteiger partial charge is 0.244 e. The molecule has 1 fully saturated rings. The van der Waals surface area contributed by atoms with Gasteiger partial charge in [-0.25, -0.2) is 22.6 Å². The van der Waals surface area contributed by atoms with Crippen molar-refractivity contribution in [2.75, 3.05) is 19.7 Å². The summed E-state index contributed by atoms with van der Waals surface area (Å²) in [5.41, 5.74) is -2.10. The van der Waals surface area contributed by atoms with Crippen LogP contribution in [0.3, 0.4) is 0 Å². The van der Waals surface area contributed by atoms with Gasteiger partial charge < -0.3 is 14.9 Å². The van der Waals surface area contributed by atoms with Crippen LogP contribution in [0.25, 0.3) is 4.85 Å². The second-order valence-corrected chi connectivity index (χ2v) is 8.53. The Hall–Kier alpha value is -2.29. The number of β-amino-alcohol motifs (C(OH)–C–C–N with tert-alkyl or cyclic N) is 1. The molecule has 0 aliphatic carbocycles. The molecule has 1 aliphatic rings. The molecule has 28 heavy (non-hydrogen) atoms. The highest BCUT2D eigenvalue weighted by Gasteiger charge is 2.50. The van der Waals surface area contributed by atoms with Crippen molar-refractivity contribution in [3.05, 3.63) is 58.9 Å². The van der Waals surface area contributed by atoms with Gasteiger partial charge in [0.15, 0.2) is 0 Å². The molecule has 0 radical (unpaired) electrons. The lowest BCUT2D eigenvalue weighted by Gasteiger charge is -2.27. The van der Waals surface area contributed by atoms with Crippen LogP contribution in [0.1, 0.15) is 0 Å². The van der Waals surface area contributed by atoms with E-state index in [-0.39, 0.29) is 28.0 Å². The Morgan fingerprint density at radius 3 is 2.75 bits per heavy atom. The molecule has 2 atom stereocenters. The predicted molar refractivity (Wildman–Crippen MR) is 97.1 cm³/mol. The van der Waals surface area contributed by atoms with Gasteiger partial charge in [-0.05, 0) is 24.3 Å². The number of nitrogens with zero attached hydrogens (tertiary/aromatic N) is 3. The first-order valence-electron chi connectivity index (χ1n) is 7.98. The average molecular weight is 428 g/mol. The topological polar surface area (TPSA) is 104 Å². The molecule has 148 valence electrons. The molecule has 0 unspecified atom stereocenters. The monoisotopic (exact) mass is 427 g/mol. The van der Waals surface area contributed by atoms with E-state index in [2.05, 4.69) is 9.83 Å². The van der Waals surface area contributed by atoms with Crippen LogP contribution in [-0.2, 0) is 10.0 Å². The van der Waals surface area contributed by atoms with Gasteiger partial charge in [0.1, 0.15) is 33.3 Å². The van der Waals surface area contributed by atoms with E-state index in [1.54, 1.807) is 0 Å². The SMILES string of the molecule is [C-]#[N+]c1ccc(O[C@H]2CN(S(=O)(=O)c3ccc(Cl)nc3)C[C@@]2(O)CO)cc1F. The molecule has 2 aromatic rings. The number of pyridine rings is 1. The van der Waals surface area contributed by atoms with E-state index < -0.39 is 40.7 Å². The molecular weight excluding hydrogens is 413 g/mol. The molecule has 11 heteroatoms. The second kappa shape index (κ2) is 7.62. The van der Waals surface area contributed by atoms with Gasteiger partial charge in [0, 0.05) is 18.8 Å². The predicted octanol–water partition coefficient (Wildman–Crippen LogP) is 1.60. The van der Waals surface area contributed by atoms with Crippen molar-refractivity contribution in [1.29, 1.82) is 0 Å². The minimum atomic E-state index is -4.03. The quantitative estimate of drug-likeness (QED) is 0.555. The maximum absolute atomic E-state index is 13.8. The van der Waals surface area contributed by atoms with Crippen LogP contribution in [0.5, 0.6) is 5.75 Å². The second-order valence-electron chi connectivity index (χ2n) is 6.21. The summed E-state index contributed by atoms with van der Waals surface area (Å²) in [4.78, 5) is 6.60. The molecule has 3 rings (SSSR count). The highest BCUT2D eigenvalue weighted by molar-refractivity contribution is 7.89. The van der Waals surface area contributed by atoms with Gasteiger partial charge in [-0.15, -0.1) is 0 Å². The van der Waals surface area contributed by atoms with Crippen molar-refractivity contribution in [3.8, 4) is 5.75 Å². The zero-order valence-corrected chi connectivity index (χ0v) is 15.9. The average Bonchev–Trinajstić information content (AvgIpc) is 3.00. The van der Waals surface area contributed by atoms with Crippen molar-refractivity contribution in [2.45, 2.75) is 16.6 Å². The summed E-state index contributed by atoms with van der Waals surface area (Å²) in [5.74, 6) is -0.816. The summed E-state index contributed by atoms with van der Waals surface area (Å²) >= 11 is 5.68. The Balaban J connectivity index is 1.86. The van der Waals surface area contributed by atoms with Crippen LogP contribution >= 0.6 is 11.6 Å². The Morgan fingerprint density at radius 1 is 1.43 bits per heavy atom. The number of aliphatic hydroxyl groups excluding tert-OH is 1. The van der Waals surface area contributed by atoms with Crippen molar-refractivity contribution >= 4 is 27.3 Å². The summed E-state index contributed by atoms with van der Waals surface area (Å²) in [7, 11) is -4.03. The van der Waals surface area contributed by atoms with Crippen LogP contribution in [0, 0.1) is 12.4 Å². The first kappa shape index (κ1) is 20.4. The number of halogens is 2. The summed E-state index contributed by atoms with van der Waals surface area (Å²) in [6.45, 7) is 5.36. The fraction of sp³-hybridized carbons (Fsp3) is 0.294. The lowest BCUT2D eigenvalue weighted by atomic mass is 10.0. The molecule has 1 aromatic carbocycles. The number of aromatic nitrogens is 1. The first-order chi connectivity index (χ1) is 13.2. The third kappa shape index (κ3) is 3.80. The molecule has 1 aliphatic heterocycles. The highest BCUT2D eigenvalue weighted by Crippen LogP contribution is 2.32. The molecule has 8 nitrogen and oxygen atoms in total. The molecule has 2 heterocycles. The Labute approximate surface area is 165 Å². The third-order valence-electron chi connectivity index (χ3n) is 4.35. The van der Waals surface area contributed by atoms with Crippen LogP contribution < -0.4 is 4.74 Å². The summed E-state index contributed by atoms with van der Waals surface area (Å²) in [6.07, 6.45) is -0.0757. The van der Waals surface area contributed by atoms with E-state index in [9.17, 15) is 23.0 Å². The van der Waals surface area contributed by atoms with Gasteiger partial charge >= 0.3 is 0 Å². The normalized spacial score (nSPS) is 22.8. The molecule has 2 N–H and O–H groups in total. The van der Waals surface area contributed by atoms with Crippen LogP contribution in [0.2, 0.25) is 5.15 Å². The minimum Gasteiger partial charge on any atom is -0.486 e. The Bertz CT molecular complexity index is 1030. The number of rotatable bonds is 5. The first-order valence-corrected chi connectivity index (χ1v) is 9.80. The lowest BCUT2D eigenvalue weighted by molar-refractivity contribution is -0.0641. The maximum Gasteiger partial charge on any atom is 0.244 e. The minimum absolute atomic E-state index is 0.00539. The molecule has 1 aromatic heterocycles. The lowest BCUT2D eigenvalue weighted by Crippen LogP contribution is -2.48. The molecule has 1 saturated heterocycles. The van der Waals surface area contributed by atoms with Gasteiger partial charge in [0.25, 0.3) is 0 Å². The number of hydrogen-bond donors (Lipinski definition) is 2. The van der Waals surface area contributed by atoms with E-state index in [4.69, 9.17) is 22.9 Å². The van der Waals surface area contributed by atoms with Crippen LogP contribution in [0.4, 0.5) is 10.1 Å². The molecule has 0 spiro atoms. The van der Waals surface area contributed by atoms with Gasteiger partial charge in [-0.2, -0.15) is 4.31 Å². The van der Waals surface area contributed by atoms with E-state index >= 15 is 0 Å². The Morgan fingerprint density at radius 2 is 2.18 bits per heavy atom. The number of sulfonamides is 1. The van der Waals surface area contributed by atoms with Gasteiger partial charge in [0.2, 0.25) is 15.7 Å². The van der Waals surface area contributed by atoms with Crippen LogP contribution in [0.15, 0.2) is 41.4 Å². The summed E-state index contributed by atoms with van der Waals surface area (Å²) in [6, 6.07) is 6.09. The van der Waals surface area contributed by atoms with E-state index in [0.29, 0.717) is 0 Å². The van der Waals surface area contributed by atoms with Gasteiger partial charge in [-0.3, -0.25) is 0 Å². The Kier molecular flexibility index (Phi) is 5.56. The fourth-order valence-corrected chi connectivity index (χ4v) is 4.35. The zero-order valence-electron chi connectivity index (χ0n) is 14.3. The van der Waals surface area contributed by atoms with Crippen molar-refractivity contribution in [2.24, 2.45) is 0 Å². The van der Waals surface area contributed by atoms with E-state index in [0.717, 1.165) is 16.6 Å².